The van der Waals surface area contributed by atoms with Crippen molar-refractivity contribution in [3.63, 3.8) is 0 Å². The maximum atomic E-state index is 13.3. The topological polar surface area (TPSA) is 56.7 Å². The zero-order valence-electron chi connectivity index (χ0n) is 9.57. The summed E-state index contributed by atoms with van der Waals surface area (Å²) in [6, 6.07) is 3.37. The molecule has 0 fully saturated rings. The first-order valence-electron chi connectivity index (χ1n) is 5.21. The Bertz CT molecular complexity index is 560. The highest BCUT2D eigenvalue weighted by Crippen LogP contribution is 2.30. The van der Waals surface area contributed by atoms with Gasteiger partial charge in [0.1, 0.15) is 5.82 Å². The van der Waals surface area contributed by atoms with Gasteiger partial charge in [0.05, 0.1) is 23.1 Å². The summed E-state index contributed by atoms with van der Waals surface area (Å²) >= 11 is 0. The molecule has 0 bridgehead atoms. The summed E-state index contributed by atoms with van der Waals surface area (Å²) in [6.45, 7) is 0.833. The lowest BCUT2D eigenvalue weighted by molar-refractivity contribution is 0.0137. The van der Waals surface area contributed by atoms with Crippen LogP contribution in [0.2, 0.25) is 0 Å². The molecule has 0 aliphatic heterocycles. The number of halogens is 3. The molecule has 2 rings (SSSR count). The molecule has 1 aromatic heterocycles. The lowest BCUT2D eigenvalue weighted by Crippen LogP contribution is -2.11. The molecule has 2 N–H and O–H groups in total. The van der Waals surface area contributed by atoms with Crippen LogP contribution in [0.15, 0.2) is 24.4 Å². The molecule has 18 heavy (non-hydrogen) atoms. The van der Waals surface area contributed by atoms with Crippen LogP contribution in [0.3, 0.4) is 0 Å². The molecule has 0 unspecified atom stereocenters. The zero-order valence-corrected chi connectivity index (χ0v) is 9.57. The summed E-state index contributed by atoms with van der Waals surface area (Å²) in [5, 5.41) is 7.46. The number of benzene rings is 1. The zero-order chi connectivity index (χ0) is 13.3. The molecular weight excluding hydrogens is 245 g/mol. The molecule has 0 aliphatic rings. The number of alkyl halides is 2. The highest BCUT2D eigenvalue weighted by molar-refractivity contribution is 5.37. The Morgan fingerprint density at radius 2 is 2.11 bits per heavy atom. The van der Waals surface area contributed by atoms with E-state index in [1.165, 1.54) is 16.9 Å². The molecule has 2 aromatic rings. The largest absolute Gasteiger partial charge is 0.325 e. The van der Waals surface area contributed by atoms with Gasteiger partial charge >= 0.3 is 0 Å². The molecule has 0 saturated carbocycles. The van der Waals surface area contributed by atoms with Gasteiger partial charge in [-0.1, -0.05) is 5.21 Å². The Hall–Kier alpha value is -1.89. The van der Waals surface area contributed by atoms with Gasteiger partial charge in [-0.05, 0) is 18.2 Å². The quantitative estimate of drug-likeness (QED) is 0.913. The Morgan fingerprint density at radius 1 is 1.39 bits per heavy atom. The van der Waals surface area contributed by atoms with E-state index in [1.807, 2.05) is 0 Å². The SMILES string of the molecule is CC(F)(F)c1cc(-n2cc(CN)nn2)ccc1F. The van der Waals surface area contributed by atoms with Crippen molar-refractivity contribution in [3.05, 3.63) is 41.5 Å². The second-order valence-corrected chi connectivity index (χ2v) is 3.91. The minimum Gasteiger partial charge on any atom is -0.325 e. The summed E-state index contributed by atoms with van der Waals surface area (Å²) < 4.78 is 40.9. The summed E-state index contributed by atoms with van der Waals surface area (Å²) in [7, 11) is 0. The predicted octanol–water partition coefficient (Wildman–Crippen LogP) is 1.98. The third-order valence-electron chi connectivity index (χ3n) is 2.44. The van der Waals surface area contributed by atoms with Crippen LogP contribution in [0.4, 0.5) is 13.2 Å². The van der Waals surface area contributed by atoms with Gasteiger partial charge < -0.3 is 5.73 Å². The molecule has 1 heterocycles. The van der Waals surface area contributed by atoms with Crippen molar-refractivity contribution in [1.82, 2.24) is 15.0 Å². The predicted molar refractivity (Wildman–Crippen MR) is 58.8 cm³/mol. The van der Waals surface area contributed by atoms with Gasteiger partial charge in [0.25, 0.3) is 5.92 Å². The van der Waals surface area contributed by atoms with Crippen molar-refractivity contribution in [2.75, 3.05) is 0 Å². The second kappa shape index (κ2) is 4.41. The van der Waals surface area contributed by atoms with E-state index in [2.05, 4.69) is 10.3 Å². The lowest BCUT2D eigenvalue weighted by atomic mass is 10.1. The standard InChI is InChI=1S/C11H11F3N4/c1-11(13,14)9-4-8(2-3-10(9)12)18-6-7(5-15)16-17-18/h2-4,6H,5,15H2,1H3. The van der Waals surface area contributed by atoms with Crippen LogP contribution < -0.4 is 5.73 Å². The Kier molecular flexibility index (Phi) is 3.08. The number of aromatic nitrogens is 3. The third-order valence-corrected chi connectivity index (χ3v) is 2.44. The second-order valence-electron chi connectivity index (χ2n) is 3.91. The van der Waals surface area contributed by atoms with E-state index in [4.69, 9.17) is 5.73 Å². The highest BCUT2D eigenvalue weighted by atomic mass is 19.3. The fourth-order valence-electron chi connectivity index (χ4n) is 1.51. The van der Waals surface area contributed by atoms with Crippen LogP contribution >= 0.6 is 0 Å². The van der Waals surface area contributed by atoms with Crippen molar-refractivity contribution >= 4 is 0 Å². The minimum atomic E-state index is -3.25. The van der Waals surface area contributed by atoms with Gasteiger partial charge in [-0.25, -0.2) is 17.9 Å². The van der Waals surface area contributed by atoms with E-state index in [9.17, 15) is 13.2 Å². The van der Waals surface area contributed by atoms with Crippen LogP contribution in [-0.2, 0) is 12.5 Å². The molecule has 0 amide bonds. The fourth-order valence-corrected chi connectivity index (χ4v) is 1.51. The Morgan fingerprint density at radius 3 is 2.67 bits per heavy atom. The van der Waals surface area contributed by atoms with Gasteiger partial charge in [0.15, 0.2) is 0 Å². The Labute approximate surface area is 101 Å². The summed E-state index contributed by atoms with van der Waals surface area (Å²) in [5.41, 5.74) is 5.52. The van der Waals surface area contributed by atoms with E-state index in [0.717, 1.165) is 12.1 Å². The number of hydrogen-bond donors (Lipinski definition) is 1. The molecule has 96 valence electrons. The average molecular weight is 256 g/mol. The summed E-state index contributed by atoms with van der Waals surface area (Å²) in [5.74, 6) is -4.21. The Balaban J connectivity index is 2.47. The van der Waals surface area contributed by atoms with E-state index in [1.54, 1.807) is 0 Å². The van der Waals surface area contributed by atoms with Crippen LogP contribution in [0.5, 0.6) is 0 Å². The van der Waals surface area contributed by atoms with Crippen molar-refractivity contribution in [1.29, 1.82) is 0 Å². The van der Waals surface area contributed by atoms with Crippen LogP contribution in [0.25, 0.3) is 5.69 Å². The maximum absolute atomic E-state index is 13.3. The molecule has 4 nitrogen and oxygen atoms in total. The number of nitrogens with zero attached hydrogens (tertiary/aromatic N) is 3. The molecule has 0 saturated heterocycles. The lowest BCUT2D eigenvalue weighted by Gasteiger charge is -2.12. The summed E-state index contributed by atoms with van der Waals surface area (Å²) in [6.07, 6.45) is 1.50. The van der Waals surface area contributed by atoms with E-state index in [-0.39, 0.29) is 6.54 Å². The van der Waals surface area contributed by atoms with E-state index < -0.39 is 17.3 Å². The molecule has 0 atom stereocenters. The molecule has 0 spiro atoms. The van der Waals surface area contributed by atoms with Crippen LogP contribution in [-0.4, -0.2) is 15.0 Å². The molecule has 7 heteroatoms. The van der Waals surface area contributed by atoms with E-state index >= 15 is 0 Å². The van der Waals surface area contributed by atoms with Crippen LogP contribution in [0, 0.1) is 5.82 Å². The number of nitrogens with two attached hydrogens (primary N) is 1. The highest BCUT2D eigenvalue weighted by Gasteiger charge is 2.28. The van der Waals surface area contributed by atoms with Crippen LogP contribution in [0.1, 0.15) is 18.2 Å². The first-order valence-corrected chi connectivity index (χ1v) is 5.21. The van der Waals surface area contributed by atoms with Crippen molar-refractivity contribution in [2.45, 2.75) is 19.4 Å². The van der Waals surface area contributed by atoms with Gasteiger partial charge in [0, 0.05) is 13.5 Å². The molecule has 1 aromatic carbocycles. The van der Waals surface area contributed by atoms with Crippen molar-refractivity contribution in [3.8, 4) is 5.69 Å². The minimum absolute atomic E-state index is 0.192. The average Bonchev–Trinajstić information content (AvgIpc) is 2.76. The van der Waals surface area contributed by atoms with Gasteiger partial charge in [-0.15, -0.1) is 5.10 Å². The first kappa shape index (κ1) is 12.6. The van der Waals surface area contributed by atoms with Crippen molar-refractivity contribution < 1.29 is 13.2 Å². The monoisotopic (exact) mass is 256 g/mol. The van der Waals surface area contributed by atoms with Gasteiger partial charge in [-0.2, -0.15) is 0 Å². The van der Waals surface area contributed by atoms with Gasteiger partial charge in [0.2, 0.25) is 0 Å². The maximum Gasteiger partial charge on any atom is 0.273 e. The van der Waals surface area contributed by atoms with Crippen molar-refractivity contribution in [2.24, 2.45) is 5.73 Å². The van der Waals surface area contributed by atoms with E-state index in [0.29, 0.717) is 18.3 Å². The third kappa shape index (κ3) is 2.35. The molecule has 0 radical (unpaired) electrons. The number of rotatable bonds is 3. The number of hydrogen-bond acceptors (Lipinski definition) is 3. The summed E-state index contributed by atoms with van der Waals surface area (Å²) in [4.78, 5) is 0. The smallest absolute Gasteiger partial charge is 0.273 e. The first-order chi connectivity index (χ1) is 8.41. The fraction of sp³-hybridized carbons (Fsp3) is 0.273. The normalized spacial score (nSPS) is 11.8. The molecular formula is C11H11F3N4. The molecule has 0 aliphatic carbocycles. The van der Waals surface area contributed by atoms with Gasteiger partial charge in [-0.3, -0.25) is 0 Å².